The lowest BCUT2D eigenvalue weighted by molar-refractivity contribution is -0.119. The first-order valence-electron chi connectivity index (χ1n) is 8.13. The molecule has 0 atom stereocenters. The van der Waals surface area contributed by atoms with E-state index in [0.29, 0.717) is 5.41 Å². The maximum atomic E-state index is 11.2. The lowest BCUT2D eigenvalue weighted by atomic mass is 9.78. The number of carbonyl (C=O) groups is 2. The van der Waals surface area contributed by atoms with Crippen molar-refractivity contribution in [2.45, 2.75) is 52.4 Å². The molecule has 2 rings (SSSR count). The molecule has 1 aliphatic heterocycles. The molecule has 0 aromatic rings. The normalized spacial score (nSPS) is 20.7. The Kier molecular flexibility index (Phi) is 5.51. The van der Waals surface area contributed by atoms with E-state index in [1.165, 1.54) is 59.2 Å². The Bertz CT molecular complexity index is 432. The van der Waals surface area contributed by atoms with Crippen LogP contribution >= 0.6 is 0 Å². The first-order valence-corrected chi connectivity index (χ1v) is 8.13. The monoisotopic (exact) mass is 289 g/mol. The van der Waals surface area contributed by atoms with Gasteiger partial charge in [-0.1, -0.05) is 25.0 Å². The number of likely N-dealkylation sites (tertiary alicyclic amines) is 1. The third-order valence-corrected chi connectivity index (χ3v) is 4.78. The summed E-state index contributed by atoms with van der Waals surface area (Å²) >= 11 is 0. The third kappa shape index (κ3) is 4.37. The highest BCUT2D eigenvalue weighted by Gasteiger charge is 2.43. The van der Waals surface area contributed by atoms with E-state index >= 15 is 0 Å². The fourth-order valence-electron chi connectivity index (χ4n) is 3.68. The van der Waals surface area contributed by atoms with Crippen molar-refractivity contribution in [1.29, 1.82) is 0 Å². The summed E-state index contributed by atoms with van der Waals surface area (Å²) in [6, 6.07) is 0. The predicted octanol–water partition coefficient (Wildman–Crippen LogP) is 3.30. The molecule has 1 spiro atoms. The maximum Gasteiger partial charge on any atom is 0.163 e. The van der Waals surface area contributed by atoms with Gasteiger partial charge in [0.05, 0.1) is 5.57 Å². The number of Topliss-reactive ketones (excluding diaryl/α,β-unsaturated/α-hetero) is 2. The second-order valence-corrected chi connectivity index (χ2v) is 6.68. The van der Waals surface area contributed by atoms with Crippen LogP contribution < -0.4 is 0 Å². The van der Waals surface area contributed by atoms with Gasteiger partial charge in [0.15, 0.2) is 11.6 Å². The molecule has 0 bridgehead atoms. The third-order valence-electron chi connectivity index (χ3n) is 4.78. The van der Waals surface area contributed by atoms with Gasteiger partial charge in [0, 0.05) is 13.1 Å². The first kappa shape index (κ1) is 16.2. The maximum absolute atomic E-state index is 11.2. The number of unbranched alkanes of at least 4 members (excludes halogenated alkanes) is 1. The summed E-state index contributed by atoms with van der Waals surface area (Å²) in [5.74, 6) is -0.316. The Morgan fingerprint density at radius 2 is 1.71 bits per heavy atom. The van der Waals surface area contributed by atoms with Gasteiger partial charge in [0.25, 0.3) is 0 Å². The van der Waals surface area contributed by atoms with Crippen LogP contribution in [0.1, 0.15) is 52.4 Å². The van der Waals surface area contributed by atoms with E-state index < -0.39 is 0 Å². The highest BCUT2D eigenvalue weighted by atomic mass is 16.1. The van der Waals surface area contributed by atoms with Gasteiger partial charge >= 0.3 is 0 Å². The van der Waals surface area contributed by atoms with Crippen molar-refractivity contribution >= 4 is 11.6 Å². The molecule has 0 amide bonds. The smallest absolute Gasteiger partial charge is 0.163 e. The van der Waals surface area contributed by atoms with Crippen LogP contribution in [0.2, 0.25) is 0 Å². The molecule has 3 heteroatoms. The Balaban J connectivity index is 1.62. The minimum Gasteiger partial charge on any atom is -0.302 e. The van der Waals surface area contributed by atoms with Crippen LogP contribution in [0.5, 0.6) is 0 Å². The van der Waals surface area contributed by atoms with Gasteiger partial charge in [-0.15, -0.1) is 0 Å². The minimum atomic E-state index is -0.158. The highest BCUT2D eigenvalue weighted by Crippen LogP contribution is 2.45. The van der Waals surface area contributed by atoms with Crippen molar-refractivity contribution in [3.8, 4) is 0 Å². The number of allylic oxidation sites excluding steroid dienone is 4. The summed E-state index contributed by atoms with van der Waals surface area (Å²) in [5.41, 5.74) is 0.980. The number of hydrogen-bond donors (Lipinski definition) is 0. The number of carbonyl (C=O) groups excluding carboxylic acids is 2. The lowest BCUT2D eigenvalue weighted by Gasteiger charge is -2.48. The van der Waals surface area contributed by atoms with Crippen LogP contribution in [0.15, 0.2) is 23.8 Å². The fraction of sp³-hybridized carbons (Fsp3) is 0.667. The SMILES string of the molecule is CC(=O)C(=C/C=C\CCCN1CC2(CCCC2)C1)C(C)=O. The van der Waals surface area contributed by atoms with E-state index in [0.717, 1.165) is 12.8 Å². The molecule has 0 aromatic heterocycles. The van der Waals surface area contributed by atoms with Gasteiger partial charge in [0.1, 0.15) is 0 Å². The van der Waals surface area contributed by atoms with E-state index in [9.17, 15) is 9.59 Å². The van der Waals surface area contributed by atoms with Gasteiger partial charge < -0.3 is 4.90 Å². The summed E-state index contributed by atoms with van der Waals surface area (Å²) in [7, 11) is 0. The lowest BCUT2D eigenvalue weighted by Crippen LogP contribution is -2.54. The molecule has 0 N–H and O–H groups in total. The fourth-order valence-corrected chi connectivity index (χ4v) is 3.68. The Labute approximate surface area is 128 Å². The molecule has 0 radical (unpaired) electrons. The molecule has 1 saturated carbocycles. The summed E-state index contributed by atoms with van der Waals surface area (Å²) in [5, 5.41) is 0. The van der Waals surface area contributed by atoms with E-state index in [-0.39, 0.29) is 17.1 Å². The predicted molar refractivity (Wildman–Crippen MR) is 85.2 cm³/mol. The summed E-state index contributed by atoms with van der Waals surface area (Å²) in [4.78, 5) is 25.0. The Hall–Kier alpha value is -1.22. The number of hydrogen-bond acceptors (Lipinski definition) is 3. The van der Waals surface area contributed by atoms with Crippen molar-refractivity contribution in [2.24, 2.45) is 5.41 Å². The molecule has 21 heavy (non-hydrogen) atoms. The summed E-state index contributed by atoms with van der Waals surface area (Å²) < 4.78 is 0. The molecule has 1 aliphatic carbocycles. The molecule has 3 nitrogen and oxygen atoms in total. The molecule has 1 saturated heterocycles. The van der Waals surface area contributed by atoms with Gasteiger partial charge in [-0.2, -0.15) is 0 Å². The van der Waals surface area contributed by atoms with Gasteiger partial charge in [-0.3, -0.25) is 9.59 Å². The number of ketones is 2. The average molecular weight is 289 g/mol. The number of nitrogens with zero attached hydrogens (tertiary/aromatic N) is 1. The zero-order chi connectivity index (χ0) is 15.3. The average Bonchev–Trinajstić information content (AvgIpc) is 2.85. The standard InChI is InChI=1S/C18H27NO2/c1-15(20)17(16(2)21)9-5-3-4-8-12-19-13-18(14-19)10-6-7-11-18/h3,5,9H,4,6-8,10-14H2,1-2H3/b5-3-. The summed E-state index contributed by atoms with van der Waals surface area (Å²) in [6.45, 7) is 6.64. The van der Waals surface area contributed by atoms with Crippen molar-refractivity contribution in [3.05, 3.63) is 23.8 Å². The minimum absolute atomic E-state index is 0.158. The summed E-state index contributed by atoms with van der Waals surface area (Å²) in [6.07, 6.45) is 13.4. The van der Waals surface area contributed by atoms with Crippen molar-refractivity contribution in [1.82, 2.24) is 4.90 Å². The molecular weight excluding hydrogens is 262 g/mol. The van der Waals surface area contributed by atoms with Crippen LogP contribution in [-0.4, -0.2) is 36.1 Å². The largest absolute Gasteiger partial charge is 0.302 e. The second-order valence-electron chi connectivity index (χ2n) is 6.68. The van der Waals surface area contributed by atoms with E-state index in [1.807, 2.05) is 6.08 Å². The van der Waals surface area contributed by atoms with Gasteiger partial charge in [-0.05, 0) is 57.6 Å². The van der Waals surface area contributed by atoms with Crippen LogP contribution in [-0.2, 0) is 9.59 Å². The molecule has 0 aromatic carbocycles. The number of rotatable bonds is 7. The Morgan fingerprint density at radius 1 is 1.10 bits per heavy atom. The molecule has 1 heterocycles. The van der Waals surface area contributed by atoms with Crippen molar-refractivity contribution in [2.75, 3.05) is 19.6 Å². The second kappa shape index (κ2) is 7.17. The van der Waals surface area contributed by atoms with Gasteiger partial charge in [-0.25, -0.2) is 0 Å². The zero-order valence-corrected chi connectivity index (χ0v) is 13.4. The first-order chi connectivity index (χ1) is 10.0. The van der Waals surface area contributed by atoms with Crippen molar-refractivity contribution < 1.29 is 9.59 Å². The quantitative estimate of drug-likeness (QED) is 0.237. The van der Waals surface area contributed by atoms with Crippen LogP contribution in [0.25, 0.3) is 0 Å². The van der Waals surface area contributed by atoms with Gasteiger partial charge in [0.2, 0.25) is 0 Å². The van der Waals surface area contributed by atoms with E-state index in [2.05, 4.69) is 11.0 Å². The molecule has 2 fully saturated rings. The van der Waals surface area contributed by atoms with E-state index in [4.69, 9.17) is 0 Å². The highest BCUT2D eigenvalue weighted by molar-refractivity contribution is 6.18. The Morgan fingerprint density at radius 3 is 2.29 bits per heavy atom. The molecular formula is C18H27NO2. The molecule has 116 valence electrons. The van der Waals surface area contributed by atoms with Crippen LogP contribution in [0, 0.1) is 5.41 Å². The zero-order valence-electron chi connectivity index (χ0n) is 13.4. The topological polar surface area (TPSA) is 37.4 Å². The van der Waals surface area contributed by atoms with Crippen LogP contribution in [0.3, 0.4) is 0 Å². The molecule has 2 aliphatic rings. The van der Waals surface area contributed by atoms with E-state index in [1.54, 1.807) is 6.08 Å². The van der Waals surface area contributed by atoms with Crippen molar-refractivity contribution in [3.63, 3.8) is 0 Å². The van der Waals surface area contributed by atoms with Crippen LogP contribution in [0.4, 0.5) is 0 Å². The molecule has 0 unspecified atom stereocenters.